The zero-order valence-corrected chi connectivity index (χ0v) is 14.7. The van der Waals surface area contributed by atoms with E-state index in [1.54, 1.807) is 14.0 Å². The van der Waals surface area contributed by atoms with E-state index in [4.69, 9.17) is 14.2 Å². The maximum atomic E-state index is 12.2. The quantitative estimate of drug-likeness (QED) is 0.772. The second kappa shape index (κ2) is 7.60. The maximum absolute atomic E-state index is 12.2. The number of aromatic nitrogens is 2. The van der Waals surface area contributed by atoms with Crippen molar-refractivity contribution in [3.63, 3.8) is 0 Å². The van der Waals surface area contributed by atoms with Crippen molar-refractivity contribution < 1.29 is 19.3 Å². The van der Waals surface area contributed by atoms with E-state index in [1.807, 2.05) is 20.8 Å². The van der Waals surface area contributed by atoms with Crippen LogP contribution in [0.2, 0.25) is 0 Å². The Morgan fingerprint density at radius 3 is 2.62 bits per heavy atom. The fourth-order valence-electron chi connectivity index (χ4n) is 2.75. The van der Waals surface area contributed by atoms with Crippen LogP contribution in [0.3, 0.4) is 0 Å². The number of methoxy groups -OCH3 is 1. The molecule has 1 aromatic rings. The topological polar surface area (TPSA) is 103 Å². The first-order valence-corrected chi connectivity index (χ1v) is 8.14. The van der Waals surface area contributed by atoms with Crippen molar-refractivity contribution in [3.8, 4) is 0 Å². The van der Waals surface area contributed by atoms with Crippen molar-refractivity contribution in [1.82, 2.24) is 9.55 Å². The zero-order valence-electron chi connectivity index (χ0n) is 14.7. The molecule has 2 heterocycles. The molecule has 0 saturated carbocycles. The van der Waals surface area contributed by atoms with Gasteiger partial charge in [-0.1, -0.05) is 6.92 Å². The highest BCUT2D eigenvalue weighted by Crippen LogP contribution is 2.33. The smallest absolute Gasteiger partial charge is 0.330 e. The van der Waals surface area contributed by atoms with E-state index in [1.165, 1.54) is 10.8 Å². The Morgan fingerprint density at radius 2 is 2.04 bits per heavy atom. The molecule has 8 nitrogen and oxygen atoms in total. The molecule has 1 aliphatic rings. The van der Waals surface area contributed by atoms with Gasteiger partial charge in [0.15, 0.2) is 6.23 Å². The molecule has 1 unspecified atom stereocenters. The minimum atomic E-state index is -0.884. The van der Waals surface area contributed by atoms with Crippen LogP contribution in [0.5, 0.6) is 0 Å². The summed E-state index contributed by atoms with van der Waals surface area (Å²) in [5.41, 5.74) is -0.661. The molecule has 24 heavy (non-hydrogen) atoms. The molecule has 1 saturated heterocycles. The fraction of sp³-hybridized carbons (Fsp3) is 0.750. The first-order valence-electron chi connectivity index (χ1n) is 8.14. The van der Waals surface area contributed by atoms with Crippen LogP contribution in [0.4, 0.5) is 0 Å². The van der Waals surface area contributed by atoms with Crippen LogP contribution in [-0.2, 0) is 14.2 Å². The highest BCUT2D eigenvalue weighted by atomic mass is 16.6. The van der Waals surface area contributed by atoms with Crippen molar-refractivity contribution >= 4 is 0 Å². The number of aromatic amines is 1. The lowest BCUT2D eigenvalue weighted by Crippen LogP contribution is -2.42. The van der Waals surface area contributed by atoms with Gasteiger partial charge in [0.2, 0.25) is 0 Å². The van der Waals surface area contributed by atoms with Gasteiger partial charge in [-0.25, -0.2) is 4.79 Å². The first kappa shape index (κ1) is 18.9. The second-order valence-corrected chi connectivity index (χ2v) is 6.19. The number of ether oxygens (including phenoxy) is 3. The molecule has 0 aromatic carbocycles. The van der Waals surface area contributed by atoms with Crippen LogP contribution < -0.4 is 11.2 Å². The number of aryl methyl sites for hydroxylation is 1. The van der Waals surface area contributed by atoms with Gasteiger partial charge >= 0.3 is 5.69 Å². The number of nitrogens with one attached hydrogen (secondary N) is 1. The van der Waals surface area contributed by atoms with Crippen molar-refractivity contribution in [2.24, 2.45) is 0 Å². The monoisotopic (exact) mass is 342 g/mol. The SMILES string of the molecule is CC[C@H]1O[C@@H](n2cc(C)c(=O)[nH]c2=O)C(O[C@H](C)[C@@H](C)OC)[C@H]1O. The molecule has 1 aromatic heterocycles. The molecule has 2 rings (SSSR count). The van der Waals surface area contributed by atoms with E-state index in [0.717, 1.165) is 0 Å². The van der Waals surface area contributed by atoms with E-state index in [9.17, 15) is 14.7 Å². The van der Waals surface area contributed by atoms with E-state index < -0.39 is 35.8 Å². The maximum Gasteiger partial charge on any atom is 0.330 e. The van der Waals surface area contributed by atoms with Gasteiger partial charge in [-0.05, 0) is 27.2 Å². The summed E-state index contributed by atoms with van der Waals surface area (Å²) in [5.74, 6) is 0. The Labute approximate surface area is 140 Å². The molecule has 136 valence electrons. The van der Waals surface area contributed by atoms with Crippen LogP contribution in [0.15, 0.2) is 15.8 Å². The van der Waals surface area contributed by atoms with Crippen LogP contribution in [-0.4, -0.2) is 52.3 Å². The minimum Gasteiger partial charge on any atom is -0.388 e. The van der Waals surface area contributed by atoms with Crippen molar-refractivity contribution in [3.05, 3.63) is 32.6 Å². The van der Waals surface area contributed by atoms with Crippen LogP contribution in [0.1, 0.15) is 39.0 Å². The van der Waals surface area contributed by atoms with E-state index in [0.29, 0.717) is 12.0 Å². The Kier molecular flexibility index (Phi) is 5.97. The van der Waals surface area contributed by atoms with Gasteiger partial charge in [0.25, 0.3) is 5.56 Å². The van der Waals surface area contributed by atoms with Crippen molar-refractivity contribution in [2.45, 2.75) is 70.9 Å². The number of rotatable bonds is 6. The lowest BCUT2D eigenvalue weighted by Gasteiger charge is -2.28. The Morgan fingerprint density at radius 1 is 1.38 bits per heavy atom. The highest BCUT2D eigenvalue weighted by Gasteiger charge is 2.46. The predicted molar refractivity (Wildman–Crippen MR) is 87.1 cm³/mol. The molecule has 0 spiro atoms. The fourth-order valence-corrected chi connectivity index (χ4v) is 2.75. The highest BCUT2D eigenvalue weighted by molar-refractivity contribution is 5.03. The van der Waals surface area contributed by atoms with Gasteiger partial charge in [0, 0.05) is 18.9 Å². The van der Waals surface area contributed by atoms with Gasteiger partial charge in [-0.3, -0.25) is 14.3 Å². The van der Waals surface area contributed by atoms with Crippen molar-refractivity contribution in [1.29, 1.82) is 0 Å². The number of H-pyrrole nitrogens is 1. The lowest BCUT2D eigenvalue weighted by atomic mass is 10.1. The van der Waals surface area contributed by atoms with Gasteiger partial charge < -0.3 is 19.3 Å². The molecule has 8 heteroatoms. The zero-order chi connectivity index (χ0) is 18.0. The molecule has 2 N–H and O–H groups in total. The average Bonchev–Trinajstić information content (AvgIpc) is 2.86. The molecule has 0 amide bonds. The Balaban J connectivity index is 2.36. The third kappa shape index (κ3) is 3.61. The number of hydrogen-bond acceptors (Lipinski definition) is 6. The number of aliphatic hydroxyl groups is 1. The van der Waals surface area contributed by atoms with Gasteiger partial charge in [0.05, 0.1) is 18.3 Å². The summed E-state index contributed by atoms with van der Waals surface area (Å²) in [6, 6.07) is 0. The number of nitrogens with zero attached hydrogens (tertiary/aromatic N) is 1. The molecular formula is C16H26N2O6. The van der Waals surface area contributed by atoms with E-state index >= 15 is 0 Å². The summed E-state index contributed by atoms with van der Waals surface area (Å²) in [5, 5.41) is 10.5. The van der Waals surface area contributed by atoms with Crippen molar-refractivity contribution in [2.75, 3.05) is 7.11 Å². The van der Waals surface area contributed by atoms with Gasteiger partial charge in [-0.15, -0.1) is 0 Å². The number of aliphatic hydroxyl groups excluding tert-OH is 1. The summed E-state index contributed by atoms with van der Waals surface area (Å²) in [7, 11) is 1.58. The number of hydrogen-bond donors (Lipinski definition) is 2. The van der Waals surface area contributed by atoms with E-state index in [2.05, 4.69) is 4.98 Å². The second-order valence-electron chi connectivity index (χ2n) is 6.19. The summed E-state index contributed by atoms with van der Waals surface area (Å²) in [6.07, 6.45) is -1.40. The summed E-state index contributed by atoms with van der Waals surface area (Å²) in [4.78, 5) is 26.0. The first-order chi connectivity index (χ1) is 11.3. The normalized spacial score (nSPS) is 29.6. The van der Waals surface area contributed by atoms with Crippen LogP contribution in [0.25, 0.3) is 0 Å². The summed E-state index contributed by atoms with van der Waals surface area (Å²) in [6.45, 7) is 7.17. The third-order valence-electron chi connectivity index (χ3n) is 4.54. The summed E-state index contributed by atoms with van der Waals surface area (Å²) >= 11 is 0. The molecule has 0 radical (unpaired) electrons. The molecule has 0 aliphatic carbocycles. The molecular weight excluding hydrogens is 316 g/mol. The largest absolute Gasteiger partial charge is 0.388 e. The lowest BCUT2D eigenvalue weighted by molar-refractivity contribution is -0.129. The summed E-state index contributed by atoms with van der Waals surface area (Å²) < 4.78 is 18.3. The molecule has 6 atom stereocenters. The average molecular weight is 342 g/mol. The standard InChI is InChI=1S/C16H26N2O6/c1-6-11-12(19)13(23-10(4)9(3)22-5)15(24-11)18-7-8(2)14(20)17-16(18)21/h7,9-13,15,19H,6H2,1-5H3,(H,17,20,21)/t9-,10-,11-,12+,13?,15-/m1/s1. The van der Waals surface area contributed by atoms with E-state index in [-0.39, 0.29) is 12.2 Å². The minimum absolute atomic E-state index is 0.187. The van der Waals surface area contributed by atoms with Crippen LogP contribution in [0, 0.1) is 6.92 Å². The molecule has 1 fully saturated rings. The van der Waals surface area contributed by atoms with Gasteiger partial charge in [0.1, 0.15) is 12.2 Å². The van der Waals surface area contributed by atoms with Crippen LogP contribution >= 0.6 is 0 Å². The Bertz CT molecular complexity index is 669. The molecule has 0 bridgehead atoms. The third-order valence-corrected chi connectivity index (χ3v) is 4.54. The molecule has 1 aliphatic heterocycles. The predicted octanol–water partition coefficient (Wildman–Crippen LogP) is 0.322. The van der Waals surface area contributed by atoms with Gasteiger partial charge in [-0.2, -0.15) is 0 Å². The Hall–Kier alpha value is -1.48.